The Balaban J connectivity index is 1.38. The van der Waals surface area contributed by atoms with E-state index in [9.17, 15) is 4.79 Å². The molecule has 26 heavy (non-hydrogen) atoms. The molecule has 0 spiro atoms. The third kappa shape index (κ3) is 3.72. The molecule has 2 aromatic carbocycles. The van der Waals surface area contributed by atoms with Crippen LogP contribution in [-0.4, -0.2) is 15.9 Å². The van der Waals surface area contributed by atoms with Crippen LogP contribution in [0.1, 0.15) is 5.56 Å². The smallest absolute Gasteiger partial charge is 0.229 e. The zero-order valence-corrected chi connectivity index (χ0v) is 14.0. The number of H-pyrrole nitrogens is 1. The van der Waals surface area contributed by atoms with Gasteiger partial charge in [0, 0.05) is 11.7 Å². The minimum absolute atomic E-state index is 0.111. The van der Waals surface area contributed by atoms with Crippen LogP contribution in [0.15, 0.2) is 79.1 Å². The van der Waals surface area contributed by atoms with Crippen LogP contribution < -0.4 is 10.1 Å². The van der Waals surface area contributed by atoms with E-state index in [0.717, 1.165) is 22.2 Å². The highest BCUT2D eigenvalue weighted by molar-refractivity contribution is 5.92. The highest BCUT2D eigenvalue weighted by atomic mass is 16.5. The molecule has 128 valence electrons. The van der Waals surface area contributed by atoms with Crippen molar-refractivity contribution in [2.75, 3.05) is 5.32 Å². The van der Waals surface area contributed by atoms with Gasteiger partial charge in [-0.25, -0.2) is 4.98 Å². The molecule has 0 aliphatic carbocycles. The second-order valence-corrected chi connectivity index (χ2v) is 5.92. The Morgan fingerprint density at radius 3 is 2.69 bits per heavy atom. The molecule has 2 heterocycles. The molecule has 0 radical (unpaired) electrons. The molecule has 0 aliphatic heterocycles. The number of anilines is 1. The van der Waals surface area contributed by atoms with Crippen molar-refractivity contribution in [3.8, 4) is 11.5 Å². The molecule has 1 amide bonds. The molecular weight excluding hydrogens is 326 g/mol. The number of benzene rings is 2. The molecule has 5 heteroatoms. The average Bonchev–Trinajstić information content (AvgIpc) is 3.12. The third-order valence-corrected chi connectivity index (χ3v) is 3.97. The highest BCUT2D eigenvalue weighted by Crippen LogP contribution is 2.21. The summed E-state index contributed by atoms with van der Waals surface area (Å²) >= 11 is 0. The maximum absolute atomic E-state index is 12.2. The van der Waals surface area contributed by atoms with E-state index < -0.39 is 0 Å². The van der Waals surface area contributed by atoms with Crippen molar-refractivity contribution in [3.05, 3.63) is 84.7 Å². The molecule has 4 rings (SSSR count). The second kappa shape index (κ2) is 7.11. The Hall–Kier alpha value is -3.60. The molecule has 5 nitrogen and oxygen atoms in total. The van der Waals surface area contributed by atoms with Gasteiger partial charge in [-0.05, 0) is 47.3 Å². The van der Waals surface area contributed by atoms with Gasteiger partial charge in [-0.2, -0.15) is 0 Å². The Kier molecular flexibility index (Phi) is 4.35. The van der Waals surface area contributed by atoms with Gasteiger partial charge in [-0.3, -0.25) is 4.79 Å². The van der Waals surface area contributed by atoms with E-state index in [4.69, 9.17) is 4.74 Å². The molecule has 2 aromatic heterocycles. The number of carbonyl (C=O) groups excluding carboxylic acids is 1. The first kappa shape index (κ1) is 15.9. The van der Waals surface area contributed by atoms with Crippen LogP contribution in [0, 0.1) is 0 Å². The lowest BCUT2D eigenvalue weighted by Crippen LogP contribution is -2.15. The maximum Gasteiger partial charge on any atom is 0.229 e. The predicted octanol–water partition coefficient (Wildman–Crippen LogP) is 4.54. The monoisotopic (exact) mass is 343 g/mol. The summed E-state index contributed by atoms with van der Waals surface area (Å²) < 4.78 is 5.69. The summed E-state index contributed by atoms with van der Waals surface area (Å²) in [7, 11) is 0. The van der Waals surface area contributed by atoms with Gasteiger partial charge in [0.2, 0.25) is 5.91 Å². The molecule has 2 N–H and O–H groups in total. The van der Waals surface area contributed by atoms with Crippen molar-refractivity contribution in [1.29, 1.82) is 0 Å². The summed E-state index contributed by atoms with van der Waals surface area (Å²) in [4.78, 5) is 19.6. The molecule has 4 aromatic rings. The molecule has 0 unspecified atom stereocenters. The zero-order valence-electron chi connectivity index (χ0n) is 14.0. The number of rotatable bonds is 5. The van der Waals surface area contributed by atoms with Gasteiger partial charge in [0.1, 0.15) is 17.3 Å². The first-order valence-corrected chi connectivity index (χ1v) is 8.31. The quantitative estimate of drug-likeness (QED) is 0.559. The number of para-hydroxylation sites is 1. The number of ether oxygens (including phenoxy) is 1. The van der Waals surface area contributed by atoms with E-state index in [1.54, 1.807) is 18.3 Å². The fourth-order valence-electron chi connectivity index (χ4n) is 2.72. The molecule has 0 fully saturated rings. The van der Waals surface area contributed by atoms with Crippen molar-refractivity contribution in [1.82, 2.24) is 9.97 Å². The first-order valence-electron chi connectivity index (χ1n) is 8.31. The van der Waals surface area contributed by atoms with E-state index in [2.05, 4.69) is 15.3 Å². The molecule has 0 saturated heterocycles. The number of aromatic nitrogens is 2. The lowest BCUT2D eigenvalue weighted by molar-refractivity contribution is -0.115. The van der Waals surface area contributed by atoms with Gasteiger partial charge in [0.15, 0.2) is 0 Å². The van der Waals surface area contributed by atoms with Crippen molar-refractivity contribution >= 4 is 22.6 Å². The van der Waals surface area contributed by atoms with E-state index in [1.807, 2.05) is 60.8 Å². The number of carbonyl (C=O) groups is 1. The minimum atomic E-state index is -0.111. The Morgan fingerprint density at radius 2 is 1.88 bits per heavy atom. The van der Waals surface area contributed by atoms with Gasteiger partial charge in [-0.15, -0.1) is 0 Å². The maximum atomic E-state index is 12.2. The van der Waals surface area contributed by atoms with Crippen LogP contribution >= 0.6 is 0 Å². The number of pyridine rings is 1. The van der Waals surface area contributed by atoms with Crippen molar-refractivity contribution in [2.45, 2.75) is 6.42 Å². The van der Waals surface area contributed by atoms with E-state index in [0.29, 0.717) is 18.0 Å². The third-order valence-electron chi connectivity index (χ3n) is 3.97. The summed E-state index contributed by atoms with van der Waals surface area (Å²) in [6.45, 7) is 0. The predicted molar refractivity (Wildman–Crippen MR) is 101 cm³/mol. The fourth-order valence-corrected chi connectivity index (χ4v) is 2.72. The van der Waals surface area contributed by atoms with Crippen LogP contribution in [0.4, 0.5) is 5.82 Å². The molecule has 0 saturated carbocycles. The number of nitrogens with zero attached hydrogens (tertiary/aromatic N) is 1. The number of nitrogens with one attached hydrogen (secondary N) is 2. The lowest BCUT2D eigenvalue weighted by Gasteiger charge is -2.07. The normalized spacial score (nSPS) is 10.6. The zero-order chi connectivity index (χ0) is 17.8. The van der Waals surface area contributed by atoms with Crippen molar-refractivity contribution < 1.29 is 9.53 Å². The van der Waals surface area contributed by atoms with Gasteiger partial charge in [-0.1, -0.05) is 30.3 Å². The fraction of sp³-hybridized carbons (Fsp3) is 0.0476. The topological polar surface area (TPSA) is 67.0 Å². The average molecular weight is 343 g/mol. The van der Waals surface area contributed by atoms with Crippen LogP contribution in [0.5, 0.6) is 11.5 Å². The van der Waals surface area contributed by atoms with Crippen LogP contribution in [0.25, 0.3) is 10.9 Å². The second-order valence-electron chi connectivity index (χ2n) is 5.92. The summed E-state index contributed by atoms with van der Waals surface area (Å²) in [6, 6.07) is 20.9. The van der Waals surface area contributed by atoms with Gasteiger partial charge in [0.05, 0.1) is 12.6 Å². The van der Waals surface area contributed by atoms with Gasteiger partial charge in [0.25, 0.3) is 0 Å². The molecule has 0 atom stereocenters. The van der Waals surface area contributed by atoms with Crippen LogP contribution in [0.2, 0.25) is 0 Å². The van der Waals surface area contributed by atoms with Crippen LogP contribution in [-0.2, 0) is 11.2 Å². The van der Waals surface area contributed by atoms with Gasteiger partial charge >= 0.3 is 0 Å². The van der Waals surface area contributed by atoms with Crippen LogP contribution in [0.3, 0.4) is 0 Å². The van der Waals surface area contributed by atoms with E-state index >= 15 is 0 Å². The number of aromatic amines is 1. The standard InChI is InChI=1S/C21H17N3O2/c25-21(13-15-6-7-16-10-11-22-19(16)12-15)24-20-9-8-18(14-23-20)26-17-4-2-1-3-5-17/h1-12,14,22H,13H2,(H,23,24,25). The summed E-state index contributed by atoms with van der Waals surface area (Å²) in [6.07, 6.45) is 3.77. The van der Waals surface area contributed by atoms with E-state index in [1.165, 1.54) is 0 Å². The number of amides is 1. The van der Waals surface area contributed by atoms with Gasteiger partial charge < -0.3 is 15.0 Å². The SMILES string of the molecule is O=C(Cc1ccc2cc[nH]c2c1)Nc1ccc(Oc2ccccc2)cn1. The Labute approximate surface area is 150 Å². The number of hydrogen-bond donors (Lipinski definition) is 2. The Morgan fingerprint density at radius 1 is 1.00 bits per heavy atom. The highest BCUT2D eigenvalue weighted by Gasteiger charge is 2.07. The summed E-state index contributed by atoms with van der Waals surface area (Å²) in [5.41, 5.74) is 1.97. The van der Waals surface area contributed by atoms with Crippen molar-refractivity contribution in [3.63, 3.8) is 0 Å². The Bertz CT molecular complexity index is 1020. The van der Waals surface area contributed by atoms with E-state index in [-0.39, 0.29) is 5.91 Å². The molecular formula is C21H17N3O2. The summed E-state index contributed by atoms with van der Waals surface area (Å²) in [5, 5.41) is 3.94. The molecule has 0 bridgehead atoms. The first-order chi connectivity index (χ1) is 12.8. The summed E-state index contributed by atoms with van der Waals surface area (Å²) in [5.74, 6) is 1.74. The molecule has 0 aliphatic rings. The largest absolute Gasteiger partial charge is 0.456 e. The minimum Gasteiger partial charge on any atom is -0.456 e. The number of hydrogen-bond acceptors (Lipinski definition) is 3. The van der Waals surface area contributed by atoms with Crippen molar-refractivity contribution in [2.24, 2.45) is 0 Å². The lowest BCUT2D eigenvalue weighted by atomic mass is 10.1. The number of fused-ring (bicyclic) bond motifs is 1.